The number of nitrogens with zero attached hydrogens (tertiary/aromatic N) is 6. The third kappa shape index (κ3) is 3.44. The Bertz CT molecular complexity index is 904. The Morgan fingerprint density at radius 1 is 1.07 bits per heavy atom. The van der Waals surface area contributed by atoms with Crippen molar-refractivity contribution in [2.45, 2.75) is 31.9 Å². The second-order valence-corrected chi connectivity index (χ2v) is 7.16. The summed E-state index contributed by atoms with van der Waals surface area (Å²) in [6.45, 7) is 4.56. The van der Waals surface area contributed by atoms with Crippen LogP contribution in [0.3, 0.4) is 0 Å². The summed E-state index contributed by atoms with van der Waals surface area (Å²) in [5.41, 5.74) is 2.12. The van der Waals surface area contributed by atoms with Gasteiger partial charge in [-0.2, -0.15) is 4.98 Å². The van der Waals surface area contributed by atoms with Crippen molar-refractivity contribution in [2.75, 3.05) is 31.1 Å². The zero-order valence-electron chi connectivity index (χ0n) is 15.1. The summed E-state index contributed by atoms with van der Waals surface area (Å²) < 4.78 is 10.9. The topological polar surface area (TPSA) is 80.4 Å². The summed E-state index contributed by atoms with van der Waals surface area (Å²) in [5, 5.41) is 4.89. The van der Waals surface area contributed by atoms with Crippen LogP contribution < -0.4 is 9.64 Å². The van der Waals surface area contributed by atoms with Gasteiger partial charge in [-0.1, -0.05) is 5.16 Å². The largest absolute Gasteiger partial charge is 0.474 e. The SMILES string of the molecule is c1nc(OC2CCC2)c2cc(N3CCN(Cc4ncon4)CC3)ccc2n1. The van der Waals surface area contributed by atoms with E-state index in [1.54, 1.807) is 6.33 Å². The molecule has 0 amide bonds. The molecule has 2 fully saturated rings. The zero-order chi connectivity index (χ0) is 18.1. The Kier molecular flexibility index (Phi) is 4.33. The highest BCUT2D eigenvalue weighted by atomic mass is 16.5. The monoisotopic (exact) mass is 366 g/mol. The number of anilines is 1. The van der Waals surface area contributed by atoms with E-state index in [0.717, 1.165) is 62.3 Å². The van der Waals surface area contributed by atoms with E-state index >= 15 is 0 Å². The molecule has 27 heavy (non-hydrogen) atoms. The molecule has 1 aliphatic heterocycles. The molecule has 0 bridgehead atoms. The maximum Gasteiger partial charge on any atom is 0.224 e. The average Bonchev–Trinajstić information content (AvgIpc) is 3.18. The van der Waals surface area contributed by atoms with Crippen molar-refractivity contribution in [1.82, 2.24) is 25.0 Å². The molecule has 0 spiro atoms. The first kappa shape index (κ1) is 16.4. The van der Waals surface area contributed by atoms with E-state index < -0.39 is 0 Å². The highest BCUT2D eigenvalue weighted by Gasteiger charge is 2.22. The first-order chi connectivity index (χ1) is 13.3. The molecule has 5 rings (SSSR count). The Morgan fingerprint density at radius 2 is 1.96 bits per heavy atom. The Balaban J connectivity index is 1.30. The third-order valence-electron chi connectivity index (χ3n) is 5.42. The van der Waals surface area contributed by atoms with Crippen molar-refractivity contribution in [2.24, 2.45) is 0 Å². The van der Waals surface area contributed by atoms with Crippen molar-refractivity contribution in [3.05, 3.63) is 36.7 Å². The van der Waals surface area contributed by atoms with Crippen LogP contribution in [0.1, 0.15) is 25.1 Å². The molecule has 3 aromatic rings. The van der Waals surface area contributed by atoms with Gasteiger partial charge in [-0.3, -0.25) is 4.90 Å². The fourth-order valence-corrected chi connectivity index (χ4v) is 3.58. The molecule has 0 radical (unpaired) electrons. The Hall–Kier alpha value is -2.74. The lowest BCUT2D eigenvalue weighted by Gasteiger charge is -2.35. The van der Waals surface area contributed by atoms with Gasteiger partial charge in [-0.15, -0.1) is 0 Å². The number of piperazine rings is 1. The van der Waals surface area contributed by atoms with Crippen molar-refractivity contribution < 1.29 is 9.26 Å². The van der Waals surface area contributed by atoms with E-state index in [2.05, 4.69) is 48.1 Å². The number of hydrogen-bond donors (Lipinski definition) is 0. The molecule has 8 heteroatoms. The lowest BCUT2D eigenvalue weighted by Crippen LogP contribution is -2.46. The molecule has 2 aliphatic rings. The molecule has 1 aliphatic carbocycles. The van der Waals surface area contributed by atoms with Gasteiger partial charge in [0.2, 0.25) is 12.3 Å². The van der Waals surface area contributed by atoms with Crippen LogP contribution in [0.2, 0.25) is 0 Å². The van der Waals surface area contributed by atoms with E-state index in [9.17, 15) is 0 Å². The van der Waals surface area contributed by atoms with Crippen LogP contribution in [-0.2, 0) is 6.54 Å². The second kappa shape index (κ2) is 7.11. The van der Waals surface area contributed by atoms with Crippen LogP contribution >= 0.6 is 0 Å². The molecule has 140 valence electrons. The first-order valence-electron chi connectivity index (χ1n) is 9.49. The molecule has 1 aromatic carbocycles. The van der Waals surface area contributed by atoms with Gasteiger partial charge in [0.1, 0.15) is 12.4 Å². The van der Waals surface area contributed by atoms with E-state index in [-0.39, 0.29) is 0 Å². The van der Waals surface area contributed by atoms with Gasteiger partial charge in [0.15, 0.2) is 5.82 Å². The van der Waals surface area contributed by atoms with Gasteiger partial charge in [-0.25, -0.2) is 9.97 Å². The molecule has 0 atom stereocenters. The van der Waals surface area contributed by atoms with E-state index in [1.807, 2.05) is 0 Å². The zero-order valence-corrected chi connectivity index (χ0v) is 15.1. The number of benzene rings is 1. The fraction of sp³-hybridized carbons (Fsp3) is 0.474. The molecular weight excluding hydrogens is 344 g/mol. The van der Waals surface area contributed by atoms with Gasteiger partial charge in [0, 0.05) is 31.9 Å². The second-order valence-electron chi connectivity index (χ2n) is 7.16. The third-order valence-corrected chi connectivity index (χ3v) is 5.42. The lowest BCUT2D eigenvalue weighted by molar-refractivity contribution is 0.116. The summed E-state index contributed by atoms with van der Waals surface area (Å²) >= 11 is 0. The van der Waals surface area contributed by atoms with Crippen LogP contribution in [0, 0.1) is 0 Å². The van der Waals surface area contributed by atoms with Crippen LogP contribution in [-0.4, -0.2) is 57.3 Å². The molecule has 1 saturated heterocycles. The molecule has 0 N–H and O–H groups in total. The molecular formula is C19H22N6O2. The summed E-state index contributed by atoms with van der Waals surface area (Å²) in [6.07, 6.45) is 6.76. The minimum absolute atomic E-state index is 0.306. The maximum absolute atomic E-state index is 6.08. The molecule has 0 unspecified atom stereocenters. The molecule has 1 saturated carbocycles. The number of fused-ring (bicyclic) bond motifs is 1. The van der Waals surface area contributed by atoms with Crippen molar-refractivity contribution in [1.29, 1.82) is 0 Å². The highest BCUT2D eigenvalue weighted by Crippen LogP contribution is 2.31. The predicted octanol–water partition coefficient (Wildman–Crippen LogP) is 2.27. The molecule has 3 heterocycles. The minimum atomic E-state index is 0.306. The van der Waals surface area contributed by atoms with E-state index in [1.165, 1.54) is 18.5 Å². The van der Waals surface area contributed by atoms with Gasteiger partial charge in [0.05, 0.1) is 17.4 Å². The predicted molar refractivity (Wildman–Crippen MR) is 99.6 cm³/mol. The van der Waals surface area contributed by atoms with Crippen LogP contribution in [0.5, 0.6) is 5.88 Å². The van der Waals surface area contributed by atoms with Crippen molar-refractivity contribution in [3.8, 4) is 5.88 Å². The van der Waals surface area contributed by atoms with E-state index in [4.69, 9.17) is 9.26 Å². The van der Waals surface area contributed by atoms with Gasteiger partial charge in [0.25, 0.3) is 0 Å². The summed E-state index contributed by atoms with van der Waals surface area (Å²) in [4.78, 5) is 17.6. The van der Waals surface area contributed by atoms with E-state index in [0.29, 0.717) is 12.0 Å². The average molecular weight is 366 g/mol. The lowest BCUT2D eigenvalue weighted by atomic mass is 9.96. The molecule has 8 nitrogen and oxygen atoms in total. The van der Waals surface area contributed by atoms with Gasteiger partial charge in [-0.05, 0) is 37.5 Å². The Labute approximate surface area is 157 Å². The smallest absolute Gasteiger partial charge is 0.224 e. The van der Waals surface area contributed by atoms with Crippen LogP contribution in [0.4, 0.5) is 5.69 Å². The van der Waals surface area contributed by atoms with Crippen LogP contribution in [0.15, 0.2) is 35.4 Å². The normalized spacial score (nSPS) is 18.6. The standard InChI is InChI=1S/C19H22N6O2/c1-2-15(3-1)27-19-16-10-14(4-5-17(16)20-12-21-19)25-8-6-24(7-9-25)11-18-22-13-26-23-18/h4-5,10,12-13,15H,1-3,6-9,11H2. The Morgan fingerprint density at radius 3 is 2.70 bits per heavy atom. The summed E-state index contributed by atoms with van der Waals surface area (Å²) in [5.74, 6) is 1.45. The number of rotatable bonds is 5. The summed E-state index contributed by atoms with van der Waals surface area (Å²) in [6, 6.07) is 6.36. The maximum atomic E-state index is 6.08. The highest BCUT2D eigenvalue weighted by molar-refractivity contribution is 5.86. The van der Waals surface area contributed by atoms with Gasteiger partial charge < -0.3 is 14.2 Å². The van der Waals surface area contributed by atoms with Crippen molar-refractivity contribution >= 4 is 16.6 Å². The van der Waals surface area contributed by atoms with Crippen LogP contribution in [0.25, 0.3) is 10.9 Å². The summed E-state index contributed by atoms with van der Waals surface area (Å²) in [7, 11) is 0. The van der Waals surface area contributed by atoms with Gasteiger partial charge >= 0.3 is 0 Å². The van der Waals surface area contributed by atoms with Crippen molar-refractivity contribution in [3.63, 3.8) is 0 Å². The first-order valence-corrected chi connectivity index (χ1v) is 9.49. The fourth-order valence-electron chi connectivity index (χ4n) is 3.58. The number of aromatic nitrogens is 4. The minimum Gasteiger partial charge on any atom is -0.474 e. The quantitative estimate of drug-likeness (QED) is 0.680. The number of hydrogen-bond acceptors (Lipinski definition) is 8. The molecule has 2 aromatic heterocycles. The number of ether oxygens (including phenoxy) is 1.